The number of nitrogens with zero attached hydrogens (tertiary/aromatic N) is 4. The third-order valence-electron chi connectivity index (χ3n) is 6.20. The van der Waals surface area contributed by atoms with Gasteiger partial charge in [-0.25, -0.2) is 9.97 Å². The molecule has 3 heterocycles. The first-order valence-corrected chi connectivity index (χ1v) is 10.9. The second kappa shape index (κ2) is 8.64. The fourth-order valence-electron chi connectivity index (χ4n) is 4.28. The summed E-state index contributed by atoms with van der Waals surface area (Å²) in [7, 11) is 1.65. The third kappa shape index (κ3) is 4.19. The Morgan fingerprint density at radius 2 is 1.85 bits per heavy atom. The Labute approximate surface area is 194 Å². The maximum atomic E-state index is 12.9. The summed E-state index contributed by atoms with van der Waals surface area (Å²) in [5, 5.41) is 0.536. The van der Waals surface area contributed by atoms with Gasteiger partial charge in [-0.3, -0.25) is 14.2 Å². The van der Waals surface area contributed by atoms with Gasteiger partial charge in [0.1, 0.15) is 11.6 Å². The predicted molar refractivity (Wildman–Crippen MR) is 123 cm³/mol. The topological polar surface area (TPSA) is 71.2 Å². The highest BCUT2D eigenvalue weighted by molar-refractivity contribution is 5.84. The highest BCUT2D eigenvalue weighted by Crippen LogP contribution is 2.30. The zero-order chi connectivity index (χ0) is 23.9. The first kappa shape index (κ1) is 22.2. The summed E-state index contributed by atoms with van der Waals surface area (Å²) in [6, 6.07) is 12.1. The lowest BCUT2D eigenvalue weighted by atomic mass is 9.85. The number of ether oxygens (including phenoxy) is 2. The maximum Gasteiger partial charge on any atom is 0.387 e. The molecule has 34 heavy (non-hydrogen) atoms. The van der Waals surface area contributed by atoms with E-state index >= 15 is 0 Å². The van der Waals surface area contributed by atoms with Gasteiger partial charge in [-0.15, -0.1) is 0 Å². The lowest BCUT2D eigenvalue weighted by molar-refractivity contribution is -0.101. The van der Waals surface area contributed by atoms with Gasteiger partial charge in [0, 0.05) is 42.4 Å². The summed E-state index contributed by atoms with van der Waals surface area (Å²) < 4.78 is 38.9. The molecule has 1 aliphatic rings. The molecule has 4 aromatic rings. The molecule has 5 rings (SSSR count). The van der Waals surface area contributed by atoms with Gasteiger partial charge in [0.2, 0.25) is 0 Å². The van der Waals surface area contributed by atoms with E-state index in [4.69, 9.17) is 4.74 Å². The summed E-state index contributed by atoms with van der Waals surface area (Å²) in [5.74, 6) is 0.848. The second-order valence-corrected chi connectivity index (χ2v) is 8.97. The van der Waals surface area contributed by atoms with Crippen LogP contribution < -0.4 is 10.3 Å². The van der Waals surface area contributed by atoms with Crippen LogP contribution in [0, 0.1) is 5.41 Å². The Hall–Kier alpha value is -3.59. The van der Waals surface area contributed by atoms with Crippen molar-refractivity contribution in [2.24, 2.45) is 12.5 Å². The van der Waals surface area contributed by atoms with E-state index in [1.165, 1.54) is 10.7 Å². The smallest absolute Gasteiger partial charge is 0.387 e. The van der Waals surface area contributed by atoms with E-state index in [1.54, 1.807) is 48.4 Å². The average molecular weight is 466 g/mol. The zero-order valence-corrected chi connectivity index (χ0v) is 18.9. The number of aromatic nitrogens is 4. The number of hydrogen-bond acceptors (Lipinski definition) is 5. The van der Waals surface area contributed by atoms with Crippen molar-refractivity contribution in [1.82, 2.24) is 19.3 Å². The van der Waals surface area contributed by atoms with Gasteiger partial charge in [0.15, 0.2) is 0 Å². The van der Waals surface area contributed by atoms with Crippen molar-refractivity contribution in [3.8, 4) is 16.9 Å². The number of fused-ring (bicyclic) bond motifs is 1. The summed E-state index contributed by atoms with van der Waals surface area (Å²) in [4.78, 5) is 21.9. The van der Waals surface area contributed by atoms with E-state index in [-0.39, 0.29) is 23.3 Å². The molecule has 2 aromatic carbocycles. The minimum atomic E-state index is -2.93. The molecule has 0 aliphatic carbocycles. The van der Waals surface area contributed by atoms with Crippen molar-refractivity contribution < 1.29 is 18.3 Å². The van der Waals surface area contributed by atoms with Crippen molar-refractivity contribution in [3.05, 3.63) is 76.6 Å². The number of hydrogen-bond donors (Lipinski definition) is 0. The predicted octanol–water partition coefficient (Wildman–Crippen LogP) is 4.03. The monoisotopic (exact) mass is 466 g/mol. The van der Waals surface area contributed by atoms with E-state index in [2.05, 4.69) is 21.6 Å². The van der Waals surface area contributed by atoms with Crippen molar-refractivity contribution >= 4 is 10.9 Å². The van der Waals surface area contributed by atoms with Crippen LogP contribution in [0.1, 0.15) is 18.3 Å². The van der Waals surface area contributed by atoms with Crippen LogP contribution in [0.15, 0.2) is 59.7 Å². The minimum absolute atomic E-state index is 0.0810. The van der Waals surface area contributed by atoms with Crippen molar-refractivity contribution in [2.45, 2.75) is 26.5 Å². The van der Waals surface area contributed by atoms with E-state index in [0.717, 1.165) is 23.4 Å². The van der Waals surface area contributed by atoms with Crippen LogP contribution >= 0.6 is 0 Å². The number of halogens is 2. The van der Waals surface area contributed by atoms with Crippen LogP contribution in [-0.4, -0.2) is 39.2 Å². The molecular weight excluding hydrogens is 442 g/mol. The molecular formula is C25H24F2N4O3. The van der Waals surface area contributed by atoms with Gasteiger partial charge in [0.25, 0.3) is 5.56 Å². The van der Waals surface area contributed by atoms with Crippen LogP contribution in [-0.2, 0) is 24.8 Å². The molecule has 1 aliphatic heterocycles. The van der Waals surface area contributed by atoms with E-state index in [0.29, 0.717) is 29.7 Å². The molecule has 0 saturated carbocycles. The van der Waals surface area contributed by atoms with Crippen LogP contribution in [0.4, 0.5) is 8.78 Å². The third-order valence-corrected chi connectivity index (χ3v) is 6.20. The van der Waals surface area contributed by atoms with Crippen LogP contribution in [0.3, 0.4) is 0 Å². The lowest BCUT2D eigenvalue weighted by Gasteiger charge is -2.37. The van der Waals surface area contributed by atoms with E-state index in [1.807, 2.05) is 12.1 Å². The molecule has 0 N–H and O–H groups in total. The number of benzene rings is 2. The van der Waals surface area contributed by atoms with Gasteiger partial charge in [0.05, 0.1) is 30.7 Å². The molecule has 0 atom stereocenters. The normalized spacial score (nSPS) is 15.0. The summed E-state index contributed by atoms with van der Waals surface area (Å²) >= 11 is 0. The average Bonchev–Trinajstić information content (AvgIpc) is 3.04. The summed E-state index contributed by atoms with van der Waals surface area (Å²) in [6.07, 6.45) is 4.32. The molecule has 0 amide bonds. The summed E-state index contributed by atoms with van der Waals surface area (Å²) in [6.45, 7) is 0.844. The minimum Gasteiger partial charge on any atom is -0.434 e. The second-order valence-electron chi connectivity index (χ2n) is 8.97. The zero-order valence-electron chi connectivity index (χ0n) is 18.9. The van der Waals surface area contributed by atoms with Crippen molar-refractivity contribution in [1.29, 1.82) is 0 Å². The Morgan fingerprint density at radius 3 is 2.53 bits per heavy atom. The lowest BCUT2D eigenvalue weighted by Crippen LogP contribution is -2.41. The Bertz CT molecular complexity index is 1390. The molecule has 1 fully saturated rings. The SMILES string of the molecule is Cn1c(=O)c2ccc(-c3cnc(CC4(C)COC4)nc3)cc2n1Cc1ccccc1OC(F)F. The first-order valence-electron chi connectivity index (χ1n) is 10.9. The largest absolute Gasteiger partial charge is 0.434 e. The number of alkyl halides is 2. The highest BCUT2D eigenvalue weighted by atomic mass is 19.3. The Morgan fingerprint density at radius 1 is 1.12 bits per heavy atom. The van der Waals surface area contributed by atoms with Crippen molar-refractivity contribution in [3.63, 3.8) is 0 Å². The van der Waals surface area contributed by atoms with Crippen LogP contribution in [0.5, 0.6) is 5.75 Å². The quantitative estimate of drug-likeness (QED) is 0.411. The van der Waals surface area contributed by atoms with Gasteiger partial charge >= 0.3 is 6.61 Å². The molecule has 0 spiro atoms. The molecule has 7 nitrogen and oxygen atoms in total. The highest BCUT2D eigenvalue weighted by Gasteiger charge is 2.34. The molecule has 9 heteroatoms. The maximum absolute atomic E-state index is 12.9. The molecule has 0 unspecified atom stereocenters. The van der Waals surface area contributed by atoms with Gasteiger partial charge in [-0.05, 0) is 23.8 Å². The number of para-hydroxylation sites is 1. The Balaban J connectivity index is 1.49. The molecule has 1 saturated heterocycles. The van der Waals surface area contributed by atoms with E-state index in [9.17, 15) is 13.6 Å². The molecule has 176 valence electrons. The fraction of sp³-hybridized carbons (Fsp3) is 0.320. The Kier molecular flexibility index (Phi) is 5.65. The van der Waals surface area contributed by atoms with Gasteiger partial charge < -0.3 is 9.47 Å². The van der Waals surface area contributed by atoms with Gasteiger partial charge in [-0.2, -0.15) is 8.78 Å². The standard InChI is InChI=1S/C25H24F2N4O3/c1-25(14-33-15-25)10-22-28-11-18(12-29-22)16-7-8-19-20(9-16)31(30(2)23(19)32)13-17-5-3-4-6-21(17)34-24(26)27/h3-9,11-12,24H,10,13-15H2,1-2H3. The van der Waals surface area contributed by atoms with Crippen molar-refractivity contribution in [2.75, 3.05) is 13.2 Å². The fourth-order valence-corrected chi connectivity index (χ4v) is 4.28. The first-order chi connectivity index (χ1) is 16.3. The molecule has 0 radical (unpaired) electrons. The van der Waals surface area contributed by atoms with Crippen LogP contribution in [0.25, 0.3) is 22.0 Å². The molecule has 0 bridgehead atoms. The van der Waals surface area contributed by atoms with E-state index < -0.39 is 6.61 Å². The number of rotatable bonds is 7. The van der Waals surface area contributed by atoms with Crippen LogP contribution in [0.2, 0.25) is 0 Å². The molecule has 2 aromatic heterocycles. The summed E-state index contributed by atoms with van der Waals surface area (Å²) in [5.41, 5.74) is 2.82. The van der Waals surface area contributed by atoms with Gasteiger partial charge in [-0.1, -0.05) is 31.2 Å².